The lowest BCUT2D eigenvalue weighted by molar-refractivity contribution is -0.324. The van der Waals surface area contributed by atoms with Crippen LogP contribution in [-0.4, -0.2) is 23.5 Å². The van der Waals surface area contributed by atoms with Crippen LogP contribution in [0.3, 0.4) is 0 Å². The Hall–Kier alpha value is -2.01. The minimum atomic E-state index is -5.85. The lowest BCUT2D eigenvalue weighted by Crippen LogP contribution is -2.57. The fraction of sp³-hybridized carbons (Fsp3) is 0.417. The van der Waals surface area contributed by atoms with Crippen LogP contribution < -0.4 is 10.5 Å². The molecule has 0 aliphatic carbocycles. The zero-order valence-electron chi connectivity index (χ0n) is 11.5. The maximum Gasteiger partial charge on any atom is 0.412 e. The predicted octanol–water partition coefficient (Wildman–Crippen LogP) is 3.84. The van der Waals surface area contributed by atoms with Crippen LogP contribution in [-0.2, 0) is 4.79 Å². The fourth-order valence-corrected chi connectivity index (χ4v) is 1.89. The Morgan fingerprint density at radius 1 is 1.13 bits per heavy atom. The molecule has 2 N–H and O–H groups in total. The number of carbonyl (C=O) groups excluding carboxylic acids is 1. The Morgan fingerprint density at radius 3 is 1.87 bits per heavy atom. The van der Waals surface area contributed by atoms with Gasteiger partial charge in [-0.1, -0.05) is 6.92 Å². The summed E-state index contributed by atoms with van der Waals surface area (Å²) >= 11 is 0. The summed E-state index contributed by atoms with van der Waals surface area (Å²) in [7, 11) is 0. The van der Waals surface area contributed by atoms with E-state index in [1.165, 1.54) is 5.32 Å². The van der Waals surface area contributed by atoms with Crippen LogP contribution in [0.5, 0.6) is 0 Å². The average Bonchev–Trinajstić information content (AvgIpc) is 2.37. The Morgan fingerprint density at radius 2 is 1.57 bits per heavy atom. The molecule has 0 unspecified atom stereocenters. The van der Waals surface area contributed by atoms with Crippen molar-refractivity contribution in [2.45, 2.75) is 25.7 Å². The van der Waals surface area contributed by atoms with Crippen LogP contribution in [0.1, 0.15) is 13.3 Å². The van der Waals surface area contributed by atoms with Crippen molar-refractivity contribution >= 4 is 17.3 Å². The van der Waals surface area contributed by atoms with E-state index in [1.54, 1.807) is 0 Å². The monoisotopic (exact) mass is 345 g/mol. The molecular weight excluding hydrogens is 334 g/mol. The number of nitrogens with one attached hydrogen (secondary N) is 1. The predicted molar refractivity (Wildman–Crippen MR) is 67.5 cm³/mol. The largest absolute Gasteiger partial charge is 0.733 e. The Balaban J connectivity index is 3.17. The zero-order chi connectivity index (χ0) is 18.1. The van der Waals surface area contributed by atoms with E-state index in [-0.39, 0.29) is 5.69 Å². The van der Waals surface area contributed by atoms with Crippen molar-refractivity contribution in [3.63, 3.8) is 0 Å². The number of amides is 1. The highest BCUT2D eigenvalue weighted by Gasteiger charge is 2.74. The van der Waals surface area contributed by atoms with Gasteiger partial charge in [-0.05, 0) is 30.7 Å². The van der Waals surface area contributed by atoms with Crippen molar-refractivity contribution in [3.05, 3.63) is 29.5 Å². The van der Waals surface area contributed by atoms with E-state index >= 15 is 0 Å². The van der Waals surface area contributed by atoms with Gasteiger partial charge in [-0.2, -0.15) is 26.3 Å². The third-order valence-electron chi connectivity index (χ3n) is 3.23. The molecule has 0 aliphatic heterocycles. The minimum Gasteiger partial charge on any atom is -0.733 e. The first-order valence-corrected chi connectivity index (χ1v) is 6.08. The molecule has 11 heteroatoms. The second-order valence-corrected chi connectivity index (χ2v) is 4.53. The Labute approximate surface area is 126 Å². The summed E-state index contributed by atoms with van der Waals surface area (Å²) < 4.78 is 77.6. The van der Waals surface area contributed by atoms with Crippen LogP contribution >= 0.6 is 0 Å². The van der Waals surface area contributed by atoms with Crippen molar-refractivity contribution in [2.75, 3.05) is 10.5 Å². The number of carbonyl (C=O) groups is 1. The van der Waals surface area contributed by atoms with Gasteiger partial charge in [0.05, 0.1) is 5.69 Å². The number of benzene rings is 1. The first-order chi connectivity index (χ1) is 10.4. The maximum atomic E-state index is 12.9. The second kappa shape index (κ2) is 6.24. The molecule has 0 heterocycles. The molecule has 0 fully saturated rings. The van der Waals surface area contributed by atoms with E-state index in [0.717, 1.165) is 24.3 Å². The molecule has 0 aromatic heterocycles. The molecule has 1 amide bonds. The molecule has 0 radical (unpaired) electrons. The van der Waals surface area contributed by atoms with Crippen molar-refractivity contribution in [1.82, 2.24) is 0 Å². The molecule has 23 heavy (non-hydrogen) atoms. The van der Waals surface area contributed by atoms with Gasteiger partial charge in [0.15, 0.2) is 0 Å². The highest BCUT2D eigenvalue weighted by atomic mass is 19.4. The number of halogens is 6. The van der Waals surface area contributed by atoms with Crippen LogP contribution in [0.4, 0.5) is 37.7 Å². The molecule has 0 saturated carbocycles. The van der Waals surface area contributed by atoms with Crippen LogP contribution in [0.2, 0.25) is 0 Å². The Bertz CT molecular complexity index is 539. The Kier molecular flexibility index (Phi) is 5.16. The van der Waals surface area contributed by atoms with E-state index < -0.39 is 41.0 Å². The first-order valence-electron chi connectivity index (χ1n) is 6.08. The van der Waals surface area contributed by atoms with E-state index in [4.69, 9.17) is 5.21 Å². The van der Waals surface area contributed by atoms with Gasteiger partial charge in [-0.3, -0.25) is 10.0 Å². The molecule has 0 spiro atoms. The van der Waals surface area contributed by atoms with Gasteiger partial charge < -0.3 is 15.8 Å². The van der Waals surface area contributed by atoms with Crippen LogP contribution in [0.25, 0.3) is 0 Å². The highest BCUT2D eigenvalue weighted by molar-refractivity contribution is 5.96. The number of anilines is 2. The van der Waals surface area contributed by atoms with E-state index in [9.17, 15) is 36.3 Å². The summed E-state index contributed by atoms with van der Waals surface area (Å²) in [5.41, 5.74) is -5.27. The third-order valence-corrected chi connectivity index (χ3v) is 3.23. The maximum absolute atomic E-state index is 12.9. The van der Waals surface area contributed by atoms with E-state index in [2.05, 4.69) is 0 Å². The third kappa shape index (κ3) is 3.50. The van der Waals surface area contributed by atoms with Crippen molar-refractivity contribution in [3.8, 4) is 0 Å². The quantitative estimate of drug-likeness (QED) is 0.642. The molecule has 0 saturated heterocycles. The molecule has 0 aliphatic rings. The van der Waals surface area contributed by atoms with Crippen LogP contribution in [0, 0.1) is 10.6 Å². The molecule has 1 aromatic rings. The number of hydrogen-bond donors (Lipinski definition) is 2. The van der Waals surface area contributed by atoms with Gasteiger partial charge in [-0.15, -0.1) is 0 Å². The number of alkyl halides is 6. The lowest BCUT2D eigenvalue weighted by Gasteiger charge is -2.35. The topological polar surface area (TPSA) is 75.6 Å². The SMILES string of the molecule is CCC(C(=O)Nc1ccc(N([O-])O)cc1)(C(F)(F)F)C(F)(F)F. The van der Waals surface area contributed by atoms with Gasteiger partial charge in [-0.25, -0.2) is 0 Å². The number of nitrogens with zero attached hydrogens (tertiary/aromatic N) is 1. The zero-order valence-corrected chi connectivity index (χ0v) is 11.5. The van der Waals surface area contributed by atoms with Crippen molar-refractivity contribution in [2.24, 2.45) is 5.41 Å². The summed E-state index contributed by atoms with van der Waals surface area (Å²) in [5, 5.41) is 20.1. The normalized spacial score (nSPS) is 12.9. The minimum absolute atomic E-state index is 0.323. The summed E-state index contributed by atoms with van der Waals surface area (Å²) in [6.45, 7) is 0.602. The highest BCUT2D eigenvalue weighted by Crippen LogP contribution is 2.53. The van der Waals surface area contributed by atoms with Gasteiger partial charge >= 0.3 is 12.4 Å². The molecule has 5 nitrogen and oxygen atoms in total. The van der Waals surface area contributed by atoms with E-state index in [0.29, 0.717) is 6.92 Å². The lowest BCUT2D eigenvalue weighted by atomic mass is 9.82. The molecule has 1 aromatic carbocycles. The summed E-state index contributed by atoms with van der Waals surface area (Å²) in [5.74, 6) is -2.28. The molecular formula is C12H11F6N2O3-. The van der Waals surface area contributed by atoms with Crippen LogP contribution in [0.15, 0.2) is 24.3 Å². The average molecular weight is 345 g/mol. The molecule has 0 bridgehead atoms. The number of hydrogen-bond acceptors (Lipinski definition) is 4. The van der Waals surface area contributed by atoms with Gasteiger partial charge in [0, 0.05) is 5.69 Å². The molecule has 130 valence electrons. The standard InChI is InChI=1S/C12H11F6N2O3/c1-2-10(11(13,14)15,12(16,17)18)9(21)19-7-3-5-8(6-4-7)20(22)23/h3-6,22H,2H2,1H3,(H,19,21)/q-1. The van der Waals surface area contributed by atoms with E-state index in [1.807, 2.05) is 0 Å². The van der Waals surface area contributed by atoms with Gasteiger partial charge in [0.2, 0.25) is 11.3 Å². The smallest absolute Gasteiger partial charge is 0.412 e. The first kappa shape index (κ1) is 19.0. The molecule has 0 atom stereocenters. The van der Waals surface area contributed by atoms with Crippen molar-refractivity contribution < 1.29 is 36.3 Å². The second-order valence-electron chi connectivity index (χ2n) is 4.53. The fourth-order valence-electron chi connectivity index (χ4n) is 1.89. The summed E-state index contributed by atoms with van der Waals surface area (Å²) in [6, 6.07) is 3.55. The van der Waals surface area contributed by atoms with Crippen molar-refractivity contribution in [1.29, 1.82) is 0 Å². The summed E-state index contributed by atoms with van der Waals surface area (Å²) in [6.07, 6.45) is -13.2. The van der Waals surface area contributed by atoms with Gasteiger partial charge in [0.1, 0.15) is 0 Å². The molecule has 1 rings (SSSR count). The van der Waals surface area contributed by atoms with Gasteiger partial charge in [0.25, 0.3) is 0 Å². The summed E-state index contributed by atoms with van der Waals surface area (Å²) in [4.78, 5) is 11.7. The number of rotatable bonds is 4.